The van der Waals surface area contributed by atoms with E-state index in [1.54, 1.807) is 4.90 Å². The lowest BCUT2D eigenvalue weighted by molar-refractivity contribution is -0.169. The number of carbonyl (C=O) groups excluding carboxylic acids is 2. The van der Waals surface area contributed by atoms with Gasteiger partial charge in [0.1, 0.15) is 5.60 Å². The standard InChI is InChI=1S/C10H19NO2.C2H2F3NO.C2H4/c1-8-5-6-11(7-8)9(12)13-10(2,3)4;3-2(4,5)1(6)7;1-2/h8H,5-7H2,1-4H3;(H2,6,7);1-2H2. The molecule has 1 heterocycles. The number of amides is 2. The Morgan fingerprint density at radius 2 is 1.64 bits per heavy atom. The number of rotatable bonds is 0. The fraction of sp³-hybridized carbons (Fsp3) is 0.714. The topological polar surface area (TPSA) is 72.6 Å². The van der Waals surface area contributed by atoms with Crippen molar-refractivity contribution >= 4 is 12.0 Å². The number of primary amides is 1. The summed E-state index contributed by atoms with van der Waals surface area (Å²) in [5, 5.41) is 0. The molecule has 0 radical (unpaired) electrons. The van der Waals surface area contributed by atoms with Crippen LogP contribution in [0.25, 0.3) is 0 Å². The first-order chi connectivity index (χ1) is 9.83. The summed E-state index contributed by atoms with van der Waals surface area (Å²) in [5.74, 6) is -1.64. The molecule has 2 N–H and O–H groups in total. The number of halogens is 3. The van der Waals surface area contributed by atoms with Crippen LogP contribution in [0.2, 0.25) is 0 Å². The van der Waals surface area contributed by atoms with Gasteiger partial charge in [-0.05, 0) is 33.1 Å². The van der Waals surface area contributed by atoms with E-state index in [2.05, 4.69) is 25.8 Å². The Labute approximate surface area is 129 Å². The first kappa shape index (κ1) is 22.5. The van der Waals surface area contributed by atoms with Gasteiger partial charge in [-0.3, -0.25) is 4.79 Å². The lowest BCUT2D eigenvalue weighted by atomic mass is 10.2. The third-order valence-corrected chi connectivity index (χ3v) is 2.35. The van der Waals surface area contributed by atoms with Crippen LogP contribution in [-0.2, 0) is 9.53 Å². The van der Waals surface area contributed by atoms with Crippen molar-refractivity contribution in [1.29, 1.82) is 0 Å². The van der Waals surface area contributed by atoms with Crippen LogP contribution in [0.3, 0.4) is 0 Å². The highest BCUT2D eigenvalue weighted by Crippen LogP contribution is 2.18. The molecule has 1 aliphatic heterocycles. The maximum atomic E-state index is 11.5. The van der Waals surface area contributed by atoms with Crippen molar-refractivity contribution in [1.82, 2.24) is 4.90 Å². The van der Waals surface area contributed by atoms with Crippen LogP contribution in [0.1, 0.15) is 34.1 Å². The van der Waals surface area contributed by atoms with Crippen molar-refractivity contribution in [2.24, 2.45) is 11.7 Å². The summed E-state index contributed by atoms with van der Waals surface area (Å²) >= 11 is 0. The van der Waals surface area contributed by atoms with Crippen molar-refractivity contribution in [3.8, 4) is 0 Å². The van der Waals surface area contributed by atoms with Crippen molar-refractivity contribution in [2.45, 2.75) is 45.9 Å². The quantitative estimate of drug-likeness (QED) is 0.695. The average Bonchev–Trinajstić information content (AvgIpc) is 2.76. The van der Waals surface area contributed by atoms with Gasteiger partial charge in [-0.1, -0.05) is 6.92 Å². The maximum absolute atomic E-state index is 11.5. The molecule has 5 nitrogen and oxygen atoms in total. The van der Waals surface area contributed by atoms with Crippen molar-refractivity contribution in [3.63, 3.8) is 0 Å². The average molecular weight is 326 g/mol. The summed E-state index contributed by atoms with van der Waals surface area (Å²) in [6.07, 6.45) is -3.93. The minimum absolute atomic E-state index is 0.170. The molecule has 1 atom stereocenters. The van der Waals surface area contributed by atoms with E-state index in [0.717, 1.165) is 19.5 Å². The molecule has 0 aromatic rings. The van der Waals surface area contributed by atoms with Crippen molar-refractivity contribution < 1.29 is 27.5 Å². The summed E-state index contributed by atoms with van der Waals surface area (Å²) < 4.78 is 37.4. The molecule has 1 fully saturated rings. The Bertz CT molecular complexity index is 365. The van der Waals surface area contributed by atoms with E-state index in [1.165, 1.54) is 0 Å². The molecule has 2 amide bonds. The second-order valence-electron chi connectivity index (χ2n) is 5.68. The number of hydrogen-bond donors (Lipinski definition) is 1. The van der Waals surface area contributed by atoms with E-state index in [4.69, 9.17) is 9.53 Å². The summed E-state index contributed by atoms with van der Waals surface area (Å²) in [4.78, 5) is 22.4. The first-order valence-electron chi connectivity index (χ1n) is 6.67. The zero-order valence-electron chi connectivity index (χ0n) is 13.5. The minimum atomic E-state index is -4.86. The van der Waals surface area contributed by atoms with Gasteiger partial charge in [0.25, 0.3) is 0 Å². The number of hydrogen-bond acceptors (Lipinski definition) is 3. The highest BCUT2D eigenvalue weighted by Gasteiger charge is 2.35. The van der Waals surface area contributed by atoms with Gasteiger partial charge in [-0.25, -0.2) is 4.79 Å². The predicted molar refractivity (Wildman–Crippen MR) is 78.1 cm³/mol. The van der Waals surface area contributed by atoms with Gasteiger partial charge in [-0.15, -0.1) is 13.2 Å². The van der Waals surface area contributed by atoms with E-state index in [0.29, 0.717) is 5.92 Å². The number of nitrogens with zero attached hydrogens (tertiary/aromatic N) is 1. The molecule has 0 aliphatic carbocycles. The van der Waals surface area contributed by atoms with Gasteiger partial charge in [0.15, 0.2) is 0 Å². The number of nitrogens with two attached hydrogens (primary N) is 1. The summed E-state index contributed by atoms with van der Waals surface area (Å²) in [5.41, 5.74) is 3.43. The van der Waals surface area contributed by atoms with Crippen LogP contribution >= 0.6 is 0 Å². The summed E-state index contributed by atoms with van der Waals surface area (Å²) in [7, 11) is 0. The summed E-state index contributed by atoms with van der Waals surface area (Å²) in [6.45, 7) is 15.5. The fourth-order valence-corrected chi connectivity index (χ4v) is 1.43. The smallest absolute Gasteiger partial charge is 0.444 e. The van der Waals surface area contributed by atoms with Crippen LogP contribution in [0.5, 0.6) is 0 Å². The number of carbonyl (C=O) groups is 2. The van der Waals surface area contributed by atoms with E-state index in [9.17, 15) is 18.0 Å². The highest BCUT2D eigenvalue weighted by atomic mass is 19.4. The highest BCUT2D eigenvalue weighted by molar-refractivity contribution is 5.79. The van der Waals surface area contributed by atoms with Gasteiger partial charge >= 0.3 is 18.2 Å². The van der Waals surface area contributed by atoms with E-state index >= 15 is 0 Å². The van der Waals surface area contributed by atoms with Gasteiger partial charge < -0.3 is 15.4 Å². The van der Waals surface area contributed by atoms with Crippen LogP contribution in [0, 0.1) is 5.92 Å². The molecule has 0 spiro atoms. The molecule has 1 unspecified atom stereocenters. The number of ether oxygens (including phenoxy) is 1. The Morgan fingerprint density at radius 3 is 1.86 bits per heavy atom. The van der Waals surface area contributed by atoms with Gasteiger partial charge in [0.2, 0.25) is 0 Å². The number of alkyl halides is 3. The van der Waals surface area contributed by atoms with Crippen LogP contribution in [-0.4, -0.2) is 41.8 Å². The normalized spacial score (nSPS) is 17.6. The predicted octanol–water partition coefficient (Wildman–Crippen LogP) is 3.10. The van der Waals surface area contributed by atoms with Crippen LogP contribution < -0.4 is 5.73 Å². The molecule has 1 saturated heterocycles. The largest absolute Gasteiger partial charge is 0.470 e. The maximum Gasteiger partial charge on any atom is 0.470 e. The van der Waals surface area contributed by atoms with Gasteiger partial charge in [-0.2, -0.15) is 13.2 Å². The second kappa shape index (κ2) is 9.32. The van der Waals surface area contributed by atoms with Crippen molar-refractivity contribution in [2.75, 3.05) is 13.1 Å². The molecule has 1 rings (SSSR count). The zero-order valence-corrected chi connectivity index (χ0v) is 13.5. The molecule has 0 aromatic heterocycles. The molecule has 8 heteroatoms. The zero-order chi connectivity index (χ0) is 18.1. The van der Waals surface area contributed by atoms with E-state index in [1.807, 2.05) is 20.8 Å². The Kier molecular flexibility index (Phi) is 9.55. The Morgan fingerprint density at radius 1 is 1.23 bits per heavy atom. The Hall–Kier alpha value is -1.73. The number of likely N-dealkylation sites (tertiary alicyclic amines) is 1. The van der Waals surface area contributed by atoms with E-state index in [-0.39, 0.29) is 11.7 Å². The van der Waals surface area contributed by atoms with Gasteiger partial charge in [0.05, 0.1) is 0 Å². The molecular formula is C14H25F3N2O3. The summed E-state index contributed by atoms with van der Waals surface area (Å²) in [6, 6.07) is 0. The SMILES string of the molecule is C=C.CC1CCN(C(=O)OC(C)(C)C)C1.NC(=O)C(F)(F)F. The lowest BCUT2D eigenvalue weighted by Gasteiger charge is -2.24. The fourth-order valence-electron chi connectivity index (χ4n) is 1.43. The van der Waals surface area contributed by atoms with Crippen molar-refractivity contribution in [3.05, 3.63) is 13.2 Å². The molecule has 0 bridgehead atoms. The van der Waals surface area contributed by atoms with Crippen LogP contribution in [0.15, 0.2) is 13.2 Å². The van der Waals surface area contributed by atoms with Crippen LogP contribution in [0.4, 0.5) is 18.0 Å². The molecule has 0 saturated carbocycles. The third kappa shape index (κ3) is 11.0. The Balaban J connectivity index is 0. The molecule has 0 aromatic carbocycles. The second-order valence-corrected chi connectivity index (χ2v) is 5.68. The lowest BCUT2D eigenvalue weighted by Crippen LogP contribution is -2.35. The first-order valence-corrected chi connectivity index (χ1v) is 6.67. The van der Waals surface area contributed by atoms with E-state index < -0.39 is 12.1 Å². The third-order valence-electron chi connectivity index (χ3n) is 2.35. The monoisotopic (exact) mass is 326 g/mol. The molecular weight excluding hydrogens is 301 g/mol. The molecule has 1 aliphatic rings. The molecule has 130 valence electrons. The minimum Gasteiger partial charge on any atom is -0.444 e. The van der Waals surface area contributed by atoms with Gasteiger partial charge in [0, 0.05) is 13.1 Å². The molecule has 22 heavy (non-hydrogen) atoms.